The van der Waals surface area contributed by atoms with E-state index < -0.39 is 5.60 Å². The average molecular weight is 405 g/mol. The number of nitrogens with zero attached hydrogens (tertiary/aromatic N) is 2. The summed E-state index contributed by atoms with van der Waals surface area (Å²) in [5.74, 6) is 1.30. The molecule has 0 spiro atoms. The summed E-state index contributed by atoms with van der Waals surface area (Å²) in [4.78, 5) is 4.98. The molecule has 2 aliphatic carbocycles. The zero-order valence-corrected chi connectivity index (χ0v) is 18.2. The molecular formula is C24H37ClN2O. The number of halogens is 1. The number of hydrogen-bond acceptors (Lipinski definition) is 3. The van der Waals surface area contributed by atoms with Crippen LogP contribution in [0.3, 0.4) is 0 Å². The Hall–Kier alpha value is -0.610. The van der Waals surface area contributed by atoms with E-state index >= 15 is 0 Å². The first kappa shape index (κ1) is 20.7. The lowest BCUT2D eigenvalue weighted by atomic mass is 9.63. The van der Waals surface area contributed by atoms with Crippen molar-refractivity contribution in [2.45, 2.75) is 62.9 Å². The van der Waals surface area contributed by atoms with Crippen LogP contribution in [0.2, 0.25) is 5.02 Å². The fraction of sp³-hybridized carbons (Fsp3) is 0.750. The van der Waals surface area contributed by atoms with Crippen molar-refractivity contribution < 1.29 is 5.11 Å². The average Bonchev–Trinajstić information content (AvgIpc) is 2.87. The van der Waals surface area contributed by atoms with Crippen LogP contribution in [0, 0.1) is 11.8 Å². The summed E-state index contributed by atoms with van der Waals surface area (Å²) < 4.78 is 0. The Labute approximate surface area is 176 Å². The lowest BCUT2D eigenvalue weighted by Crippen LogP contribution is -2.53. The molecule has 3 nitrogen and oxygen atoms in total. The Kier molecular flexibility index (Phi) is 6.67. The molecular weight excluding hydrogens is 368 g/mol. The Balaban J connectivity index is 1.66. The van der Waals surface area contributed by atoms with Crippen molar-refractivity contribution in [1.82, 2.24) is 9.80 Å². The van der Waals surface area contributed by atoms with Crippen LogP contribution >= 0.6 is 11.6 Å². The van der Waals surface area contributed by atoms with E-state index in [-0.39, 0.29) is 5.92 Å². The van der Waals surface area contributed by atoms with Crippen molar-refractivity contribution in [2.24, 2.45) is 11.8 Å². The standard InChI is InChI=1S/C24H37ClN2O/c1-26-13-15-27(16-14-26)18-23(20-9-6-10-21(25)17-20)24(28)12-5-4-8-19-7-2-3-11-22(19)24/h6,9-10,17,19,22-23,28H,2-5,7-8,11-16,18H2,1H3. The van der Waals surface area contributed by atoms with Gasteiger partial charge in [0, 0.05) is 43.7 Å². The molecule has 1 N–H and O–H groups in total. The molecule has 1 aromatic rings. The van der Waals surface area contributed by atoms with Gasteiger partial charge >= 0.3 is 0 Å². The summed E-state index contributed by atoms with van der Waals surface area (Å²) in [6, 6.07) is 8.34. The van der Waals surface area contributed by atoms with Gasteiger partial charge in [0.25, 0.3) is 0 Å². The van der Waals surface area contributed by atoms with Crippen LogP contribution in [-0.4, -0.2) is 60.3 Å². The molecule has 4 heteroatoms. The van der Waals surface area contributed by atoms with E-state index in [0.29, 0.717) is 11.8 Å². The maximum absolute atomic E-state index is 12.4. The van der Waals surface area contributed by atoms with Crippen molar-refractivity contribution in [3.8, 4) is 0 Å². The molecule has 1 aliphatic heterocycles. The predicted octanol–water partition coefficient (Wildman–Crippen LogP) is 4.78. The molecule has 156 valence electrons. The first-order chi connectivity index (χ1) is 13.6. The lowest BCUT2D eigenvalue weighted by Gasteiger charge is -2.48. The molecule has 1 saturated heterocycles. The fourth-order valence-electron chi connectivity index (χ4n) is 6.21. The molecule has 4 atom stereocenters. The molecule has 0 aromatic heterocycles. The third kappa shape index (κ3) is 4.43. The highest BCUT2D eigenvalue weighted by Gasteiger charge is 2.49. The minimum Gasteiger partial charge on any atom is -0.389 e. The number of fused-ring (bicyclic) bond motifs is 1. The molecule has 4 unspecified atom stereocenters. The number of likely N-dealkylation sites (N-methyl/N-ethyl adjacent to an activating group) is 1. The van der Waals surface area contributed by atoms with Crippen LogP contribution in [0.15, 0.2) is 24.3 Å². The first-order valence-corrected chi connectivity index (χ1v) is 11.8. The second-order valence-corrected chi connectivity index (χ2v) is 10.0. The van der Waals surface area contributed by atoms with E-state index in [9.17, 15) is 5.11 Å². The van der Waals surface area contributed by atoms with Gasteiger partial charge in [-0.05, 0) is 49.4 Å². The summed E-state index contributed by atoms with van der Waals surface area (Å²) >= 11 is 6.40. The third-order valence-electron chi connectivity index (χ3n) is 7.84. The zero-order valence-electron chi connectivity index (χ0n) is 17.5. The van der Waals surface area contributed by atoms with Crippen LogP contribution in [0.4, 0.5) is 0 Å². The molecule has 1 heterocycles. The zero-order chi connectivity index (χ0) is 19.6. The number of benzene rings is 1. The normalized spacial score (nSPS) is 33.8. The van der Waals surface area contributed by atoms with Gasteiger partial charge in [0.1, 0.15) is 0 Å². The Morgan fingerprint density at radius 3 is 2.54 bits per heavy atom. The van der Waals surface area contributed by atoms with E-state index in [1.54, 1.807) is 0 Å². The Bertz CT molecular complexity index is 645. The van der Waals surface area contributed by atoms with Crippen LogP contribution in [0.5, 0.6) is 0 Å². The number of aliphatic hydroxyl groups is 1. The van der Waals surface area contributed by atoms with E-state index in [4.69, 9.17) is 11.6 Å². The van der Waals surface area contributed by atoms with Crippen LogP contribution in [-0.2, 0) is 0 Å². The van der Waals surface area contributed by atoms with E-state index in [2.05, 4.69) is 35.0 Å². The fourth-order valence-corrected chi connectivity index (χ4v) is 6.41. The monoisotopic (exact) mass is 404 g/mol. The van der Waals surface area contributed by atoms with Gasteiger partial charge in [-0.1, -0.05) is 62.3 Å². The van der Waals surface area contributed by atoms with Gasteiger partial charge in [-0.15, -0.1) is 0 Å². The number of piperazine rings is 1. The molecule has 4 rings (SSSR count). The van der Waals surface area contributed by atoms with Gasteiger partial charge in [-0.3, -0.25) is 0 Å². The largest absolute Gasteiger partial charge is 0.389 e. The molecule has 1 aromatic carbocycles. The van der Waals surface area contributed by atoms with E-state index in [1.165, 1.54) is 44.1 Å². The van der Waals surface area contributed by atoms with E-state index in [0.717, 1.165) is 50.6 Å². The van der Waals surface area contributed by atoms with Gasteiger partial charge in [-0.2, -0.15) is 0 Å². The first-order valence-electron chi connectivity index (χ1n) is 11.4. The smallest absolute Gasteiger partial charge is 0.0758 e. The van der Waals surface area contributed by atoms with Crippen molar-refractivity contribution in [3.63, 3.8) is 0 Å². The van der Waals surface area contributed by atoms with Gasteiger partial charge < -0.3 is 14.9 Å². The highest BCUT2D eigenvalue weighted by atomic mass is 35.5. The molecule has 3 fully saturated rings. The Morgan fingerprint density at radius 2 is 1.79 bits per heavy atom. The van der Waals surface area contributed by atoms with Crippen molar-refractivity contribution >= 4 is 11.6 Å². The maximum Gasteiger partial charge on any atom is 0.0758 e. The SMILES string of the molecule is CN1CCN(CC(c2cccc(Cl)c2)C2(O)CCCCC3CCCCC32)CC1. The molecule has 3 aliphatic rings. The van der Waals surface area contributed by atoms with Gasteiger partial charge in [0.15, 0.2) is 0 Å². The summed E-state index contributed by atoms with van der Waals surface area (Å²) in [6.07, 6.45) is 9.81. The van der Waals surface area contributed by atoms with E-state index in [1.807, 2.05) is 6.07 Å². The predicted molar refractivity (Wildman–Crippen MR) is 117 cm³/mol. The number of rotatable bonds is 4. The number of hydrogen-bond donors (Lipinski definition) is 1. The van der Waals surface area contributed by atoms with Crippen molar-refractivity contribution in [2.75, 3.05) is 39.8 Å². The molecule has 0 amide bonds. The molecule has 0 bridgehead atoms. The highest BCUT2D eigenvalue weighted by Crippen LogP contribution is 2.50. The summed E-state index contributed by atoms with van der Waals surface area (Å²) in [5.41, 5.74) is 0.635. The minimum atomic E-state index is -0.602. The quantitative estimate of drug-likeness (QED) is 0.782. The van der Waals surface area contributed by atoms with Crippen LogP contribution in [0.25, 0.3) is 0 Å². The summed E-state index contributed by atoms with van der Waals surface area (Å²) in [7, 11) is 2.21. The van der Waals surface area contributed by atoms with Gasteiger partial charge in [0.2, 0.25) is 0 Å². The van der Waals surface area contributed by atoms with Crippen molar-refractivity contribution in [3.05, 3.63) is 34.9 Å². The van der Waals surface area contributed by atoms with Gasteiger partial charge in [-0.25, -0.2) is 0 Å². The minimum absolute atomic E-state index is 0.151. The maximum atomic E-state index is 12.4. The van der Waals surface area contributed by atoms with Gasteiger partial charge in [0.05, 0.1) is 5.60 Å². The van der Waals surface area contributed by atoms with Crippen molar-refractivity contribution in [1.29, 1.82) is 0 Å². The molecule has 0 radical (unpaired) electrons. The Morgan fingerprint density at radius 1 is 1.07 bits per heavy atom. The molecule has 2 saturated carbocycles. The highest BCUT2D eigenvalue weighted by molar-refractivity contribution is 6.30. The summed E-state index contributed by atoms with van der Waals surface area (Å²) in [5, 5.41) is 13.1. The molecule has 28 heavy (non-hydrogen) atoms. The second kappa shape index (κ2) is 9.04. The third-order valence-corrected chi connectivity index (χ3v) is 8.08. The topological polar surface area (TPSA) is 26.7 Å². The van der Waals surface area contributed by atoms with Crippen LogP contribution in [0.1, 0.15) is 62.8 Å². The van der Waals surface area contributed by atoms with Crippen LogP contribution < -0.4 is 0 Å². The lowest BCUT2D eigenvalue weighted by molar-refractivity contribution is -0.0852. The summed E-state index contributed by atoms with van der Waals surface area (Å²) in [6.45, 7) is 5.38. The second-order valence-electron chi connectivity index (χ2n) is 9.60.